The summed E-state index contributed by atoms with van der Waals surface area (Å²) in [5, 5.41) is 0. The highest BCUT2D eigenvalue weighted by Gasteiger charge is 2.33. The molecule has 19 heavy (non-hydrogen) atoms. The average Bonchev–Trinajstić information content (AvgIpc) is 2.71. The van der Waals surface area contributed by atoms with E-state index in [1.807, 2.05) is 37.4 Å². The van der Waals surface area contributed by atoms with Crippen molar-refractivity contribution in [3.8, 4) is 0 Å². The molecule has 0 aromatic heterocycles. The Morgan fingerprint density at radius 3 is 3.00 bits per heavy atom. The summed E-state index contributed by atoms with van der Waals surface area (Å²) in [6.07, 6.45) is 3.48. The Kier molecular flexibility index (Phi) is 4.90. The van der Waals surface area contributed by atoms with E-state index >= 15 is 0 Å². The van der Waals surface area contributed by atoms with Crippen LogP contribution in [0.1, 0.15) is 6.92 Å². The van der Waals surface area contributed by atoms with Gasteiger partial charge >= 0.3 is 0 Å². The molecule has 0 unspecified atom stereocenters. The third-order valence-corrected chi connectivity index (χ3v) is 4.47. The van der Waals surface area contributed by atoms with Gasteiger partial charge in [-0.25, -0.2) is 0 Å². The van der Waals surface area contributed by atoms with Crippen molar-refractivity contribution in [2.45, 2.75) is 11.8 Å². The summed E-state index contributed by atoms with van der Waals surface area (Å²) in [7, 11) is 0. The predicted octanol–water partition coefficient (Wildman–Crippen LogP) is 3.65. The maximum absolute atomic E-state index is 12.3. The molecule has 1 aromatic rings. The van der Waals surface area contributed by atoms with Crippen molar-refractivity contribution in [2.24, 2.45) is 0 Å². The van der Waals surface area contributed by atoms with E-state index in [4.69, 9.17) is 17.0 Å². The summed E-state index contributed by atoms with van der Waals surface area (Å²) in [6.45, 7) is 2.41. The summed E-state index contributed by atoms with van der Waals surface area (Å²) in [5.74, 6) is -0.123. The van der Waals surface area contributed by atoms with Crippen molar-refractivity contribution in [2.75, 3.05) is 17.8 Å². The number of amides is 1. The number of hydrogen-bond donors (Lipinski definition) is 0. The van der Waals surface area contributed by atoms with Crippen molar-refractivity contribution in [3.05, 3.63) is 35.4 Å². The molecule has 0 N–H and O–H groups in total. The van der Waals surface area contributed by atoms with Gasteiger partial charge in [-0.3, -0.25) is 9.69 Å². The number of nitrogens with zero attached hydrogens (tertiary/aromatic N) is 1. The van der Waals surface area contributed by atoms with Crippen LogP contribution in [-0.2, 0) is 9.53 Å². The Morgan fingerprint density at radius 2 is 2.32 bits per heavy atom. The smallest absolute Gasteiger partial charge is 0.273 e. The Bertz CT molecular complexity index is 542. The number of hydrogen-bond acceptors (Lipinski definition) is 5. The van der Waals surface area contributed by atoms with Gasteiger partial charge in [0.2, 0.25) is 0 Å². The quantitative estimate of drug-likeness (QED) is 0.366. The number of carbonyl (C=O) groups excluding carboxylic acids is 1. The van der Waals surface area contributed by atoms with Crippen molar-refractivity contribution >= 4 is 51.7 Å². The zero-order chi connectivity index (χ0) is 13.8. The molecule has 0 aliphatic carbocycles. The molecule has 1 aliphatic rings. The van der Waals surface area contributed by atoms with Gasteiger partial charge < -0.3 is 4.74 Å². The molecule has 0 saturated carbocycles. The van der Waals surface area contributed by atoms with Gasteiger partial charge in [-0.05, 0) is 31.4 Å². The number of anilines is 1. The minimum atomic E-state index is -0.123. The van der Waals surface area contributed by atoms with Gasteiger partial charge in [0, 0.05) is 4.90 Å². The number of thioether (sulfide) groups is 2. The molecule has 1 amide bonds. The fourth-order valence-corrected chi connectivity index (χ4v) is 3.26. The maximum atomic E-state index is 12.3. The summed E-state index contributed by atoms with van der Waals surface area (Å²) < 4.78 is 5.71. The fraction of sp³-hybridized carbons (Fsp3) is 0.231. The highest BCUT2D eigenvalue weighted by Crippen LogP contribution is 2.35. The highest BCUT2D eigenvalue weighted by molar-refractivity contribution is 8.27. The average molecular weight is 311 g/mol. The lowest BCUT2D eigenvalue weighted by molar-refractivity contribution is -0.113. The zero-order valence-electron chi connectivity index (χ0n) is 10.6. The minimum Gasteiger partial charge on any atom is -0.500 e. The number of thiocarbonyl (C=S) groups is 1. The number of benzene rings is 1. The Balaban J connectivity index is 2.29. The largest absolute Gasteiger partial charge is 0.500 e. The summed E-state index contributed by atoms with van der Waals surface area (Å²) >= 11 is 8.17. The number of ether oxygens (including phenoxy) is 1. The first kappa shape index (κ1) is 14.4. The molecule has 0 radical (unpaired) electrons. The van der Waals surface area contributed by atoms with Gasteiger partial charge in [0.25, 0.3) is 5.91 Å². The van der Waals surface area contributed by atoms with Crippen molar-refractivity contribution in [1.82, 2.24) is 0 Å². The molecule has 1 heterocycles. The molecule has 100 valence electrons. The van der Waals surface area contributed by atoms with Gasteiger partial charge in [-0.1, -0.05) is 30.0 Å². The standard InChI is InChI=1S/C13H13NO2S3/c1-3-16-8-11-12(15)14(13(17)19-11)9-5-4-6-10(7-9)18-2/h4-8H,3H2,1-2H3. The first-order chi connectivity index (χ1) is 9.17. The third-order valence-electron chi connectivity index (χ3n) is 2.46. The molecule has 0 bridgehead atoms. The normalized spacial score (nSPS) is 17.4. The van der Waals surface area contributed by atoms with Gasteiger partial charge in [0.05, 0.1) is 12.3 Å². The van der Waals surface area contributed by atoms with Crippen molar-refractivity contribution in [1.29, 1.82) is 0 Å². The van der Waals surface area contributed by atoms with E-state index in [1.165, 1.54) is 18.0 Å². The van der Waals surface area contributed by atoms with E-state index in [-0.39, 0.29) is 5.91 Å². The second kappa shape index (κ2) is 6.45. The molecule has 6 heteroatoms. The lowest BCUT2D eigenvalue weighted by Gasteiger charge is -2.15. The molecular weight excluding hydrogens is 298 g/mol. The van der Waals surface area contributed by atoms with Crippen LogP contribution < -0.4 is 4.90 Å². The first-order valence-electron chi connectivity index (χ1n) is 5.69. The van der Waals surface area contributed by atoms with E-state index < -0.39 is 0 Å². The van der Waals surface area contributed by atoms with E-state index in [1.54, 1.807) is 16.7 Å². The van der Waals surface area contributed by atoms with E-state index in [0.29, 0.717) is 15.8 Å². The van der Waals surface area contributed by atoms with E-state index in [0.717, 1.165) is 10.6 Å². The second-order valence-corrected chi connectivity index (χ2v) is 6.20. The van der Waals surface area contributed by atoms with Crippen LogP contribution in [-0.4, -0.2) is 23.1 Å². The molecule has 1 aliphatic heterocycles. The number of carbonyl (C=O) groups is 1. The summed E-state index contributed by atoms with van der Waals surface area (Å²) in [5.41, 5.74) is 0.800. The minimum absolute atomic E-state index is 0.123. The summed E-state index contributed by atoms with van der Waals surface area (Å²) in [6, 6.07) is 7.76. The van der Waals surface area contributed by atoms with E-state index in [9.17, 15) is 4.79 Å². The van der Waals surface area contributed by atoms with Crippen molar-refractivity contribution < 1.29 is 9.53 Å². The van der Waals surface area contributed by atoms with Gasteiger partial charge in [-0.2, -0.15) is 0 Å². The molecule has 1 saturated heterocycles. The maximum Gasteiger partial charge on any atom is 0.273 e. The Morgan fingerprint density at radius 1 is 1.53 bits per heavy atom. The predicted molar refractivity (Wildman–Crippen MR) is 85.6 cm³/mol. The van der Waals surface area contributed by atoms with Crippen LogP contribution in [0.5, 0.6) is 0 Å². The van der Waals surface area contributed by atoms with Crippen LogP contribution in [0.4, 0.5) is 5.69 Å². The molecule has 1 aromatic carbocycles. The van der Waals surface area contributed by atoms with Crippen LogP contribution in [0.2, 0.25) is 0 Å². The second-order valence-electron chi connectivity index (χ2n) is 3.65. The van der Waals surface area contributed by atoms with Crippen molar-refractivity contribution in [3.63, 3.8) is 0 Å². The first-order valence-corrected chi connectivity index (χ1v) is 8.14. The van der Waals surface area contributed by atoms with E-state index in [2.05, 4.69) is 0 Å². The van der Waals surface area contributed by atoms with Gasteiger partial charge in [-0.15, -0.1) is 11.8 Å². The molecule has 0 atom stereocenters. The highest BCUT2D eigenvalue weighted by atomic mass is 32.2. The molecular formula is C13H13NO2S3. The van der Waals surface area contributed by atoms with Crippen LogP contribution in [0.25, 0.3) is 0 Å². The zero-order valence-corrected chi connectivity index (χ0v) is 13.0. The lowest BCUT2D eigenvalue weighted by atomic mass is 10.3. The Labute approximate surface area is 126 Å². The van der Waals surface area contributed by atoms with Crippen LogP contribution in [0, 0.1) is 0 Å². The van der Waals surface area contributed by atoms with Crippen LogP contribution >= 0.6 is 35.7 Å². The summed E-state index contributed by atoms with van der Waals surface area (Å²) in [4.78, 5) is 15.5. The molecule has 1 fully saturated rings. The molecule has 2 rings (SSSR count). The molecule has 0 spiro atoms. The van der Waals surface area contributed by atoms with Crippen LogP contribution in [0.15, 0.2) is 40.3 Å². The van der Waals surface area contributed by atoms with Crippen LogP contribution in [0.3, 0.4) is 0 Å². The van der Waals surface area contributed by atoms with Gasteiger partial charge in [0.15, 0.2) is 4.32 Å². The monoisotopic (exact) mass is 311 g/mol. The fourth-order valence-electron chi connectivity index (χ4n) is 1.58. The third kappa shape index (κ3) is 3.13. The Hall–Kier alpha value is -0.980. The topological polar surface area (TPSA) is 29.5 Å². The van der Waals surface area contributed by atoms with Gasteiger partial charge in [0.1, 0.15) is 11.2 Å². The lowest BCUT2D eigenvalue weighted by Crippen LogP contribution is -2.27. The SMILES string of the molecule is CCOC=C1SC(=S)N(c2cccc(SC)c2)C1=O. The molecule has 3 nitrogen and oxygen atoms in total. The number of rotatable bonds is 4.